The van der Waals surface area contributed by atoms with Crippen molar-refractivity contribution in [1.82, 2.24) is 15.0 Å². The van der Waals surface area contributed by atoms with Crippen LogP contribution in [0.5, 0.6) is 0 Å². The van der Waals surface area contributed by atoms with E-state index in [0.717, 1.165) is 35.5 Å². The zero-order valence-electron chi connectivity index (χ0n) is 48.6. The Morgan fingerprint density at radius 2 is 1.00 bits per heavy atom. The smallest absolute Gasteiger partial charge is 0.144 e. The van der Waals surface area contributed by atoms with Crippen LogP contribution in [-0.2, 0) is 44.6 Å². The molecule has 0 radical (unpaired) electrons. The number of pyridine rings is 3. The Bertz CT molecular complexity index is 3500. The third-order valence-electron chi connectivity index (χ3n) is 9.70. The lowest BCUT2D eigenvalue weighted by molar-refractivity contribution is 0.402. The molecule has 0 saturated carbocycles. The molecule has 0 aliphatic rings. The highest BCUT2D eigenvalue weighted by Gasteiger charge is 2.19. The van der Waals surface area contributed by atoms with Crippen LogP contribution in [-0.4, -0.2) is 15.0 Å². The number of nitrogens with zero attached hydrogens (tertiary/aromatic N) is 3. The summed E-state index contributed by atoms with van der Waals surface area (Å²) in [5, 5.41) is 0.717. The SMILES string of the molecule is [2H]c1c(F)c(C([2H])([2H])C(C)(C)C)cc2c1oc1c(-c3ccc(C([2H])([2H])C([2H])([2H])c4cc(C([2H])([2H])C([2H])([2H])c5ccc(-c6ccccc6)nc5)cc(C([2H])([2H])C([2H])([2H])c5ccc(-c6ccccc6)nc5)c4)cn3)cccc12. The number of hydrogen-bond acceptors (Lipinski definition) is 4. The molecule has 0 aliphatic carbocycles. The van der Waals surface area contributed by atoms with Gasteiger partial charge in [-0.25, -0.2) is 4.39 Å². The van der Waals surface area contributed by atoms with Gasteiger partial charge < -0.3 is 4.42 Å². The Balaban J connectivity index is 1.13. The number of aromatic nitrogens is 3. The lowest BCUT2D eigenvalue weighted by atomic mass is 9.87. The molecule has 4 heterocycles. The lowest BCUT2D eigenvalue weighted by Gasteiger charge is -2.18. The molecule has 9 aromatic rings. The molecule has 302 valence electrons. The van der Waals surface area contributed by atoms with Crippen molar-refractivity contribution in [2.45, 2.75) is 65.4 Å². The second kappa shape index (κ2) is 17.5. The molecule has 61 heavy (non-hydrogen) atoms. The molecule has 0 amide bonds. The summed E-state index contributed by atoms with van der Waals surface area (Å²) in [5.74, 6) is -1.06. The largest absolute Gasteiger partial charge is 0.455 e. The normalized spacial score (nSPS) is 17.0. The zero-order chi connectivity index (χ0) is 55.2. The van der Waals surface area contributed by atoms with E-state index in [-0.39, 0.29) is 39.1 Å². The quantitative estimate of drug-likeness (QED) is 0.116. The maximum Gasteiger partial charge on any atom is 0.144 e. The maximum atomic E-state index is 15.8. The fourth-order valence-electron chi connectivity index (χ4n) is 6.85. The van der Waals surface area contributed by atoms with Crippen molar-refractivity contribution in [3.63, 3.8) is 0 Å². The number of fused-ring (bicyclic) bond motifs is 3. The second-order valence-corrected chi connectivity index (χ2v) is 15.5. The molecule has 0 fully saturated rings. The topological polar surface area (TPSA) is 51.8 Å². The van der Waals surface area contributed by atoms with E-state index in [1.165, 1.54) is 54.9 Å². The van der Waals surface area contributed by atoms with E-state index in [4.69, 9.17) is 8.53 Å². The summed E-state index contributed by atoms with van der Waals surface area (Å²) in [7, 11) is 0. The van der Waals surface area contributed by atoms with Crippen molar-refractivity contribution < 1.29 is 29.4 Å². The molecule has 0 N–H and O–H groups in total. The third kappa shape index (κ3) is 9.53. The Morgan fingerprint density at radius 3 is 1.46 bits per heavy atom. The van der Waals surface area contributed by atoms with E-state index < -0.39 is 78.6 Å². The first kappa shape index (κ1) is 25.8. The van der Waals surface area contributed by atoms with Crippen LogP contribution in [0.25, 0.3) is 55.7 Å². The van der Waals surface area contributed by atoms with E-state index in [9.17, 15) is 16.4 Å². The van der Waals surface area contributed by atoms with Crippen molar-refractivity contribution in [2.24, 2.45) is 5.41 Å². The first-order valence-electron chi connectivity index (χ1n) is 27.3. The van der Waals surface area contributed by atoms with Crippen LogP contribution in [0.4, 0.5) is 4.39 Å². The number of furan rings is 1. The summed E-state index contributed by atoms with van der Waals surface area (Å²) in [5.41, 5.74) is -0.943. The molecule has 0 unspecified atom stereocenters. The summed E-state index contributed by atoms with van der Waals surface area (Å²) >= 11 is 0. The number of halogens is 1. The summed E-state index contributed by atoms with van der Waals surface area (Å²) < 4.78 is 160. The minimum atomic E-state index is -3.19. The predicted octanol–water partition coefficient (Wildman–Crippen LogP) is 13.9. The number of benzene rings is 5. The lowest BCUT2D eigenvalue weighted by Crippen LogP contribution is -2.10. The standard InChI is InChI=1S/C56H50FN3O/c1-56(2,3)34-46-32-49-47-15-10-16-48(55(47)61-54(49)33-50(46)57)53-28-25-40(37-60-53)19-22-43-30-41(20-17-38-23-26-51(58-35-38)44-11-6-4-7-12-44)29-42(31-43)21-18-39-24-27-52(59-36-39)45-13-8-5-9-14-45/h4-16,23-33,35-37H,17-22,34H2,1-3H3/i17D2,18D2,19D2,20D2,21D2,22D2,33D,34D2. The summed E-state index contributed by atoms with van der Waals surface area (Å²) in [6.07, 6.45) is -17.1. The Labute approximate surface area is 379 Å². The van der Waals surface area contributed by atoms with E-state index in [1.54, 1.807) is 87.5 Å². The molecule has 5 aromatic carbocycles. The molecular weight excluding hydrogens is 750 g/mol. The highest BCUT2D eigenvalue weighted by molar-refractivity contribution is 6.09. The average Bonchev–Trinajstić information content (AvgIpc) is 3.79. The summed E-state index contributed by atoms with van der Waals surface area (Å²) in [4.78, 5) is 13.3. The van der Waals surface area contributed by atoms with Crippen LogP contribution in [0.3, 0.4) is 0 Å². The van der Waals surface area contributed by atoms with Crippen molar-refractivity contribution in [3.8, 4) is 33.8 Å². The van der Waals surface area contributed by atoms with Gasteiger partial charge in [-0.15, -0.1) is 0 Å². The molecule has 0 aliphatic heterocycles. The molecule has 9 rings (SSSR count). The monoisotopic (exact) mass is 814 g/mol. The van der Waals surface area contributed by atoms with Gasteiger partial charge in [-0.05, 0) is 119 Å². The van der Waals surface area contributed by atoms with Gasteiger partial charge >= 0.3 is 0 Å². The van der Waals surface area contributed by atoms with Crippen molar-refractivity contribution in [1.29, 1.82) is 0 Å². The van der Waals surface area contributed by atoms with Crippen LogP contribution >= 0.6 is 0 Å². The Kier molecular flexibility index (Phi) is 7.39. The number of aryl methyl sites for hydroxylation is 6. The molecule has 4 nitrogen and oxygen atoms in total. The average molecular weight is 815 g/mol. The van der Waals surface area contributed by atoms with E-state index in [1.807, 2.05) is 12.1 Å². The fourth-order valence-corrected chi connectivity index (χ4v) is 6.85. The predicted molar refractivity (Wildman–Crippen MR) is 248 cm³/mol. The fraction of sp³-hybridized carbons (Fsp3) is 0.196. The van der Waals surface area contributed by atoms with Gasteiger partial charge in [-0.1, -0.05) is 130 Å². The minimum Gasteiger partial charge on any atom is -0.455 e. The summed E-state index contributed by atoms with van der Waals surface area (Å²) in [6, 6.07) is 35.0. The van der Waals surface area contributed by atoms with Crippen LogP contribution in [0.15, 0.2) is 169 Å². The van der Waals surface area contributed by atoms with Crippen LogP contribution < -0.4 is 0 Å². The first-order chi connectivity index (χ1) is 35.4. The molecule has 0 atom stereocenters. The van der Waals surface area contributed by atoms with E-state index >= 15 is 4.39 Å². The van der Waals surface area contributed by atoms with Gasteiger partial charge in [0.2, 0.25) is 0 Å². The zero-order valence-corrected chi connectivity index (χ0v) is 33.6. The Morgan fingerprint density at radius 1 is 0.525 bits per heavy atom. The molecular formula is C56H50FN3O. The van der Waals surface area contributed by atoms with Crippen LogP contribution in [0.1, 0.15) is 80.3 Å². The van der Waals surface area contributed by atoms with Gasteiger partial charge in [-0.3, -0.25) is 15.0 Å². The third-order valence-corrected chi connectivity index (χ3v) is 9.70. The molecule has 0 spiro atoms. The van der Waals surface area contributed by atoms with Crippen LogP contribution in [0.2, 0.25) is 0 Å². The number of rotatable bonds is 13. The summed E-state index contributed by atoms with van der Waals surface area (Å²) in [6.45, 7) is 4.88. The van der Waals surface area contributed by atoms with Gasteiger partial charge in [0.25, 0.3) is 0 Å². The van der Waals surface area contributed by atoms with Crippen LogP contribution in [0, 0.1) is 11.2 Å². The number of hydrogen-bond donors (Lipinski definition) is 0. The van der Waals surface area contributed by atoms with Gasteiger partial charge in [0, 0.05) is 71.3 Å². The maximum absolute atomic E-state index is 15.8. The van der Waals surface area contributed by atoms with Gasteiger partial charge in [0.15, 0.2) is 0 Å². The molecule has 0 bridgehead atoms. The number of para-hydroxylation sites is 1. The van der Waals surface area contributed by atoms with Crippen molar-refractivity contribution >= 4 is 21.9 Å². The van der Waals surface area contributed by atoms with E-state index in [2.05, 4.69) is 15.0 Å². The highest BCUT2D eigenvalue weighted by atomic mass is 19.1. The van der Waals surface area contributed by atoms with Crippen molar-refractivity contribution in [2.75, 3.05) is 0 Å². The minimum absolute atomic E-state index is 0.124. The van der Waals surface area contributed by atoms with Gasteiger partial charge in [-0.2, -0.15) is 0 Å². The molecule has 4 aromatic heterocycles. The molecule has 0 saturated heterocycles. The second-order valence-electron chi connectivity index (χ2n) is 15.5. The van der Waals surface area contributed by atoms with Gasteiger partial charge in [0.1, 0.15) is 17.0 Å². The first-order valence-corrected chi connectivity index (χ1v) is 19.8. The van der Waals surface area contributed by atoms with Crippen molar-refractivity contribution in [3.05, 3.63) is 209 Å². The highest BCUT2D eigenvalue weighted by Crippen LogP contribution is 2.37. The van der Waals surface area contributed by atoms with Gasteiger partial charge in [0.05, 0.1) is 18.5 Å². The van der Waals surface area contributed by atoms with E-state index in [0.29, 0.717) is 27.7 Å². The molecule has 5 heteroatoms. The Hall–Kier alpha value is -6.72.